The van der Waals surface area contributed by atoms with Crippen molar-refractivity contribution in [3.8, 4) is 0 Å². The first-order valence-electron chi connectivity index (χ1n) is 7.72. The van der Waals surface area contributed by atoms with Crippen LogP contribution in [-0.4, -0.2) is 22.9 Å². The number of alkyl halides is 3. The maximum atomic E-state index is 12.5. The van der Waals surface area contributed by atoms with Crippen LogP contribution in [-0.2, 0) is 15.7 Å². The number of benzene rings is 2. The van der Waals surface area contributed by atoms with Crippen LogP contribution in [0.1, 0.15) is 22.8 Å². The third-order valence-corrected chi connectivity index (χ3v) is 3.60. The van der Waals surface area contributed by atoms with Crippen molar-refractivity contribution in [3.63, 3.8) is 0 Å². The van der Waals surface area contributed by atoms with Gasteiger partial charge in [0.1, 0.15) is 0 Å². The number of nitrogen functional groups attached to an aromatic ring is 1. The number of nitro groups is 1. The molecule has 11 heteroatoms. The number of carbonyl (C=O) groups excluding carboxylic acids is 2. The number of halogens is 3. The van der Waals surface area contributed by atoms with Crippen molar-refractivity contribution >= 4 is 28.9 Å². The molecule has 0 aliphatic carbocycles. The summed E-state index contributed by atoms with van der Waals surface area (Å²) in [5.41, 5.74) is 4.11. The van der Waals surface area contributed by atoms with Crippen molar-refractivity contribution < 1.29 is 32.4 Å². The van der Waals surface area contributed by atoms with E-state index in [4.69, 9.17) is 10.5 Å². The quantitative estimate of drug-likeness (QED) is 0.345. The Balaban J connectivity index is 2.02. The normalized spacial score (nSPS) is 12.1. The number of ether oxygens (including phenoxy) is 1. The molecule has 0 spiro atoms. The van der Waals surface area contributed by atoms with Crippen LogP contribution in [0, 0.1) is 10.1 Å². The summed E-state index contributed by atoms with van der Waals surface area (Å²) < 4.78 is 42.5. The minimum atomic E-state index is -4.50. The molecule has 0 saturated carbocycles. The van der Waals surface area contributed by atoms with Gasteiger partial charge in [-0.1, -0.05) is 0 Å². The third-order valence-electron chi connectivity index (χ3n) is 3.60. The smallest absolute Gasteiger partial charge is 0.416 e. The molecule has 2 aromatic rings. The summed E-state index contributed by atoms with van der Waals surface area (Å²) in [6.45, 7) is 1.25. The lowest BCUT2D eigenvalue weighted by molar-refractivity contribution is -0.384. The van der Waals surface area contributed by atoms with Crippen molar-refractivity contribution in [3.05, 3.63) is 63.7 Å². The van der Waals surface area contributed by atoms with Gasteiger partial charge in [0.2, 0.25) is 0 Å². The van der Waals surface area contributed by atoms with Gasteiger partial charge in [-0.2, -0.15) is 13.2 Å². The molecule has 148 valence electrons. The molecule has 3 N–H and O–H groups in total. The molecule has 0 unspecified atom stereocenters. The second-order valence-electron chi connectivity index (χ2n) is 5.64. The van der Waals surface area contributed by atoms with E-state index in [1.807, 2.05) is 0 Å². The molecule has 2 rings (SSSR count). The number of anilines is 2. The number of non-ortho nitro benzene ring substituents is 1. The fourth-order valence-corrected chi connectivity index (χ4v) is 2.11. The summed E-state index contributed by atoms with van der Waals surface area (Å²) in [5.74, 6) is -1.77. The molecule has 0 aromatic heterocycles. The number of esters is 1. The highest BCUT2D eigenvalue weighted by Gasteiger charge is 2.30. The molecule has 0 fully saturated rings. The number of carbonyl (C=O) groups is 2. The first kappa shape index (κ1) is 20.7. The summed E-state index contributed by atoms with van der Waals surface area (Å²) in [7, 11) is 0. The Morgan fingerprint density at radius 3 is 2.29 bits per heavy atom. The van der Waals surface area contributed by atoms with Crippen LogP contribution in [0.25, 0.3) is 0 Å². The van der Waals surface area contributed by atoms with Gasteiger partial charge in [-0.3, -0.25) is 14.9 Å². The predicted octanol–water partition coefficient (Wildman–Crippen LogP) is 3.38. The lowest BCUT2D eigenvalue weighted by Crippen LogP contribution is -2.30. The number of nitrogens with zero attached hydrogens (tertiary/aromatic N) is 1. The summed E-state index contributed by atoms with van der Waals surface area (Å²) >= 11 is 0. The highest BCUT2D eigenvalue weighted by Crippen LogP contribution is 2.29. The average molecular weight is 397 g/mol. The molecule has 0 heterocycles. The van der Waals surface area contributed by atoms with E-state index in [9.17, 15) is 32.9 Å². The standard InChI is InChI=1S/C17H14F3N3O5/c1-9(15(24)22-11-4-2-10(3-5-11)17(18,19)20)28-16(25)13-7-6-12(23(26)27)8-14(13)21/h2-9H,21H2,1H3,(H,22,24)/t9-/m0/s1. The molecule has 0 radical (unpaired) electrons. The van der Waals surface area contributed by atoms with Gasteiger partial charge in [-0.05, 0) is 37.3 Å². The van der Waals surface area contributed by atoms with E-state index < -0.39 is 34.6 Å². The minimum absolute atomic E-state index is 0.0794. The van der Waals surface area contributed by atoms with Gasteiger partial charge in [0.05, 0.1) is 21.7 Å². The van der Waals surface area contributed by atoms with Crippen molar-refractivity contribution in [1.82, 2.24) is 0 Å². The molecular formula is C17H14F3N3O5. The first-order valence-corrected chi connectivity index (χ1v) is 7.72. The number of rotatable bonds is 5. The number of nitrogens with one attached hydrogen (secondary N) is 1. The molecule has 28 heavy (non-hydrogen) atoms. The monoisotopic (exact) mass is 397 g/mol. The van der Waals surface area contributed by atoms with E-state index in [0.29, 0.717) is 0 Å². The van der Waals surface area contributed by atoms with E-state index in [1.165, 1.54) is 6.92 Å². The second-order valence-corrected chi connectivity index (χ2v) is 5.64. The SMILES string of the molecule is C[C@H](OC(=O)c1ccc([N+](=O)[O-])cc1N)C(=O)Nc1ccc(C(F)(F)F)cc1. The number of hydrogen-bond acceptors (Lipinski definition) is 6. The van der Waals surface area contributed by atoms with Crippen molar-refractivity contribution in [2.75, 3.05) is 11.1 Å². The van der Waals surface area contributed by atoms with Gasteiger partial charge in [-0.25, -0.2) is 4.79 Å². The Labute approximate surface area is 156 Å². The average Bonchev–Trinajstić information content (AvgIpc) is 2.60. The van der Waals surface area contributed by atoms with E-state index in [2.05, 4.69) is 5.32 Å². The maximum absolute atomic E-state index is 12.5. The van der Waals surface area contributed by atoms with Crippen LogP contribution in [0.3, 0.4) is 0 Å². The zero-order valence-corrected chi connectivity index (χ0v) is 14.3. The molecule has 8 nitrogen and oxygen atoms in total. The van der Waals surface area contributed by atoms with Crippen LogP contribution in [0.4, 0.5) is 30.2 Å². The highest BCUT2D eigenvalue weighted by atomic mass is 19.4. The van der Waals surface area contributed by atoms with Gasteiger partial charge in [0, 0.05) is 17.8 Å². The number of nitrogens with two attached hydrogens (primary N) is 1. The van der Waals surface area contributed by atoms with E-state index >= 15 is 0 Å². The number of hydrogen-bond donors (Lipinski definition) is 2. The summed E-state index contributed by atoms with van der Waals surface area (Å²) in [6.07, 6.45) is -5.81. The number of nitro benzene ring substituents is 1. The summed E-state index contributed by atoms with van der Waals surface area (Å²) in [6, 6.07) is 6.83. The van der Waals surface area contributed by atoms with E-state index in [1.54, 1.807) is 0 Å². The van der Waals surface area contributed by atoms with Gasteiger partial charge in [-0.15, -0.1) is 0 Å². The molecule has 0 aliphatic rings. The van der Waals surface area contributed by atoms with Crippen molar-refractivity contribution in [1.29, 1.82) is 0 Å². The van der Waals surface area contributed by atoms with Crippen LogP contribution in [0.5, 0.6) is 0 Å². The molecule has 1 atom stereocenters. The van der Waals surface area contributed by atoms with E-state index in [-0.39, 0.29) is 22.6 Å². The van der Waals surface area contributed by atoms with E-state index in [0.717, 1.165) is 42.5 Å². The molecule has 0 saturated heterocycles. The predicted molar refractivity (Wildman–Crippen MR) is 92.5 cm³/mol. The fraction of sp³-hybridized carbons (Fsp3) is 0.176. The summed E-state index contributed by atoms with van der Waals surface area (Å²) in [4.78, 5) is 34.1. The molecule has 2 aromatic carbocycles. The summed E-state index contributed by atoms with van der Waals surface area (Å²) in [5, 5.41) is 13.0. The molecular weight excluding hydrogens is 383 g/mol. The van der Waals surface area contributed by atoms with Gasteiger partial charge in [0.15, 0.2) is 6.10 Å². The molecule has 0 bridgehead atoms. The minimum Gasteiger partial charge on any atom is -0.449 e. The number of amides is 1. The van der Waals surface area contributed by atoms with Gasteiger partial charge >= 0.3 is 12.1 Å². The first-order chi connectivity index (χ1) is 13.0. The van der Waals surface area contributed by atoms with Crippen molar-refractivity contribution in [2.24, 2.45) is 0 Å². The van der Waals surface area contributed by atoms with Crippen LogP contribution in [0.15, 0.2) is 42.5 Å². The van der Waals surface area contributed by atoms with Gasteiger partial charge < -0.3 is 15.8 Å². The molecule has 1 amide bonds. The fourth-order valence-electron chi connectivity index (χ4n) is 2.11. The Hall–Kier alpha value is -3.63. The Bertz CT molecular complexity index is 913. The van der Waals surface area contributed by atoms with Crippen LogP contribution < -0.4 is 11.1 Å². The third kappa shape index (κ3) is 4.96. The van der Waals surface area contributed by atoms with Crippen LogP contribution >= 0.6 is 0 Å². The lowest BCUT2D eigenvalue weighted by atomic mass is 10.1. The lowest BCUT2D eigenvalue weighted by Gasteiger charge is -2.14. The Morgan fingerprint density at radius 1 is 1.18 bits per heavy atom. The van der Waals surface area contributed by atoms with Crippen molar-refractivity contribution in [2.45, 2.75) is 19.2 Å². The molecule has 0 aliphatic heterocycles. The topological polar surface area (TPSA) is 125 Å². The maximum Gasteiger partial charge on any atom is 0.416 e. The van der Waals surface area contributed by atoms with Crippen LogP contribution in [0.2, 0.25) is 0 Å². The largest absolute Gasteiger partial charge is 0.449 e. The Kier molecular flexibility index (Phi) is 5.87. The zero-order valence-electron chi connectivity index (χ0n) is 14.3. The highest BCUT2D eigenvalue weighted by molar-refractivity contribution is 5.99. The zero-order chi connectivity index (χ0) is 21.1. The van der Waals surface area contributed by atoms with Gasteiger partial charge in [0.25, 0.3) is 11.6 Å². The Morgan fingerprint density at radius 2 is 1.79 bits per heavy atom. The second kappa shape index (κ2) is 7.94.